The molecule has 2 aromatic carbocycles. The van der Waals surface area contributed by atoms with Gasteiger partial charge in [0.2, 0.25) is 0 Å². The van der Waals surface area contributed by atoms with E-state index in [1.54, 1.807) is 0 Å². The van der Waals surface area contributed by atoms with Crippen molar-refractivity contribution in [1.82, 2.24) is 5.32 Å². The van der Waals surface area contributed by atoms with Gasteiger partial charge in [-0.25, -0.2) is 0 Å². The monoisotopic (exact) mass is 267 g/mol. The Kier molecular flexibility index (Phi) is 4.97. The van der Waals surface area contributed by atoms with Gasteiger partial charge in [0.1, 0.15) is 0 Å². The van der Waals surface area contributed by atoms with Gasteiger partial charge in [0.05, 0.1) is 0 Å². The summed E-state index contributed by atoms with van der Waals surface area (Å²) in [4.78, 5) is 0. The molecule has 20 heavy (non-hydrogen) atoms. The van der Waals surface area contributed by atoms with E-state index in [4.69, 9.17) is 0 Å². The number of hydrogen-bond acceptors (Lipinski definition) is 1. The predicted molar refractivity (Wildman–Crippen MR) is 86.8 cm³/mol. The highest BCUT2D eigenvalue weighted by atomic mass is 15.0. The van der Waals surface area contributed by atoms with E-state index in [-0.39, 0.29) is 5.54 Å². The number of rotatable bonds is 5. The molecule has 0 amide bonds. The lowest BCUT2D eigenvalue weighted by molar-refractivity contribution is 0.350. The molecular formula is C19H25N. The molecule has 0 saturated carbocycles. The average molecular weight is 267 g/mol. The smallest absolute Gasteiger partial charge is 0.0328 e. The molecule has 0 heterocycles. The van der Waals surface area contributed by atoms with Gasteiger partial charge >= 0.3 is 0 Å². The summed E-state index contributed by atoms with van der Waals surface area (Å²) in [6, 6.07) is 21.9. The first kappa shape index (κ1) is 14.8. The highest BCUT2D eigenvalue weighted by Gasteiger charge is 2.18. The molecule has 1 N–H and O–H groups in total. The Balaban J connectivity index is 2.07. The fourth-order valence-corrected chi connectivity index (χ4v) is 2.49. The van der Waals surface area contributed by atoms with Crippen molar-refractivity contribution < 1.29 is 0 Å². The maximum Gasteiger partial charge on any atom is 0.0328 e. The van der Waals surface area contributed by atoms with Gasteiger partial charge in [-0.15, -0.1) is 0 Å². The zero-order valence-corrected chi connectivity index (χ0v) is 12.8. The summed E-state index contributed by atoms with van der Waals surface area (Å²) in [5.74, 6) is 0. The Labute approximate surface area is 123 Å². The van der Waals surface area contributed by atoms with Crippen LogP contribution in [0.1, 0.15) is 44.4 Å². The highest BCUT2D eigenvalue weighted by Crippen LogP contribution is 2.22. The molecule has 0 aromatic heterocycles. The molecule has 1 heteroatoms. The lowest BCUT2D eigenvalue weighted by Crippen LogP contribution is -2.39. The second-order valence-corrected chi connectivity index (χ2v) is 6.38. The van der Waals surface area contributed by atoms with Gasteiger partial charge in [0.15, 0.2) is 0 Å². The fourth-order valence-electron chi connectivity index (χ4n) is 2.49. The van der Waals surface area contributed by atoms with Crippen molar-refractivity contribution in [2.24, 2.45) is 0 Å². The van der Waals surface area contributed by atoms with Crippen LogP contribution in [0.2, 0.25) is 0 Å². The SMILES string of the molecule is CC(C)(C)NC(CCc1ccccc1)c1ccccc1. The normalized spacial score (nSPS) is 13.2. The third kappa shape index (κ3) is 4.82. The van der Waals surface area contributed by atoms with E-state index < -0.39 is 0 Å². The van der Waals surface area contributed by atoms with E-state index in [1.807, 2.05) is 0 Å². The minimum Gasteiger partial charge on any atom is -0.305 e. The topological polar surface area (TPSA) is 12.0 Å². The van der Waals surface area contributed by atoms with Crippen LogP contribution in [-0.4, -0.2) is 5.54 Å². The van der Waals surface area contributed by atoms with Crippen LogP contribution in [0.25, 0.3) is 0 Å². The third-order valence-corrected chi connectivity index (χ3v) is 3.37. The van der Waals surface area contributed by atoms with Crippen LogP contribution in [0.4, 0.5) is 0 Å². The van der Waals surface area contributed by atoms with Gasteiger partial charge in [0.25, 0.3) is 0 Å². The first-order valence-electron chi connectivity index (χ1n) is 7.41. The second kappa shape index (κ2) is 6.71. The van der Waals surface area contributed by atoms with Gasteiger partial charge in [0, 0.05) is 11.6 Å². The van der Waals surface area contributed by atoms with Gasteiger partial charge in [-0.1, -0.05) is 60.7 Å². The summed E-state index contributed by atoms with van der Waals surface area (Å²) in [7, 11) is 0. The molecule has 0 spiro atoms. The van der Waals surface area contributed by atoms with E-state index in [2.05, 4.69) is 86.8 Å². The first-order valence-corrected chi connectivity index (χ1v) is 7.41. The summed E-state index contributed by atoms with van der Waals surface area (Å²) in [5.41, 5.74) is 2.90. The van der Waals surface area contributed by atoms with E-state index in [1.165, 1.54) is 11.1 Å². The van der Waals surface area contributed by atoms with Crippen molar-refractivity contribution in [3.63, 3.8) is 0 Å². The molecule has 2 rings (SSSR count). The zero-order chi connectivity index (χ0) is 14.4. The Morgan fingerprint density at radius 1 is 0.850 bits per heavy atom. The molecule has 106 valence electrons. The van der Waals surface area contributed by atoms with Crippen LogP contribution in [0.15, 0.2) is 60.7 Å². The van der Waals surface area contributed by atoms with Crippen molar-refractivity contribution in [2.45, 2.75) is 45.2 Å². The molecule has 0 aliphatic rings. The molecule has 0 radical (unpaired) electrons. The summed E-state index contributed by atoms with van der Waals surface area (Å²) in [6.45, 7) is 6.68. The van der Waals surface area contributed by atoms with E-state index >= 15 is 0 Å². The van der Waals surface area contributed by atoms with Crippen LogP contribution in [0.5, 0.6) is 0 Å². The Morgan fingerprint density at radius 2 is 1.40 bits per heavy atom. The number of benzene rings is 2. The van der Waals surface area contributed by atoms with Gasteiger partial charge in [-0.3, -0.25) is 0 Å². The second-order valence-electron chi connectivity index (χ2n) is 6.38. The summed E-state index contributed by atoms with van der Waals surface area (Å²) < 4.78 is 0. The van der Waals surface area contributed by atoms with Crippen LogP contribution >= 0.6 is 0 Å². The van der Waals surface area contributed by atoms with Gasteiger partial charge < -0.3 is 5.32 Å². The first-order chi connectivity index (χ1) is 9.54. The molecule has 1 nitrogen and oxygen atoms in total. The van der Waals surface area contributed by atoms with Crippen molar-refractivity contribution in [1.29, 1.82) is 0 Å². The number of aryl methyl sites for hydroxylation is 1. The lowest BCUT2D eigenvalue weighted by Gasteiger charge is -2.29. The van der Waals surface area contributed by atoms with E-state index in [0.717, 1.165) is 12.8 Å². The van der Waals surface area contributed by atoms with Crippen LogP contribution < -0.4 is 5.32 Å². The third-order valence-electron chi connectivity index (χ3n) is 3.37. The van der Waals surface area contributed by atoms with Gasteiger partial charge in [-0.05, 0) is 44.7 Å². The fraction of sp³-hybridized carbons (Fsp3) is 0.368. The van der Waals surface area contributed by atoms with Crippen LogP contribution in [0.3, 0.4) is 0 Å². The number of hydrogen-bond donors (Lipinski definition) is 1. The van der Waals surface area contributed by atoms with E-state index in [9.17, 15) is 0 Å². The van der Waals surface area contributed by atoms with Crippen molar-refractivity contribution in [2.75, 3.05) is 0 Å². The molecule has 1 atom stereocenters. The maximum absolute atomic E-state index is 3.74. The molecule has 0 saturated heterocycles. The van der Waals surface area contributed by atoms with E-state index in [0.29, 0.717) is 6.04 Å². The number of nitrogens with one attached hydrogen (secondary N) is 1. The van der Waals surface area contributed by atoms with Gasteiger partial charge in [-0.2, -0.15) is 0 Å². The Hall–Kier alpha value is -1.60. The minimum absolute atomic E-state index is 0.122. The standard InChI is InChI=1S/C19H25N/c1-19(2,3)20-18(17-12-8-5-9-13-17)15-14-16-10-6-4-7-11-16/h4-13,18,20H,14-15H2,1-3H3. The lowest BCUT2D eigenvalue weighted by atomic mass is 9.96. The Morgan fingerprint density at radius 3 is 1.95 bits per heavy atom. The van der Waals surface area contributed by atoms with Crippen LogP contribution in [0, 0.1) is 0 Å². The largest absolute Gasteiger partial charge is 0.305 e. The molecule has 0 aliphatic heterocycles. The van der Waals surface area contributed by atoms with Crippen molar-refractivity contribution >= 4 is 0 Å². The molecule has 1 unspecified atom stereocenters. The predicted octanol–water partition coefficient (Wildman–Crippen LogP) is 4.75. The molecule has 0 bridgehead atoms. The van der Waals surface area contributed by atoms with Crippen molar-refractivity contribution in [3.05, 3.63) is 71.8 Å². The Bertz CT molecular complexity index is 496. The maximum atomic E-state index is 3.74. The molecular weight excluding hydrogens is 242 g/mol. The molecule has 2 aromatic rings. The minimum atomic E-state index is 0.122. The summed E-state index contributed by atoms with van der Waals surface area (Å²) in [6.07, 6.45) is 2.22. The zero-order valence-electron chi connectivity index (χ0n) is 12.8. The van der Waals surface area contributed by atoms with Crippen LogP contribution in [-0.2, 0) is 6.42 Å². The average Bonchev–Trinajstić information content (AvgIpc) is 2.44. The molecule has 0 fully saturated rings. The quantitative estimate of drug-likeness (QED) is 0.824. The van der Waals surface area contributed by atoms with Crippen molar-refractivity contribution in [3.8, 4) is 0 Å². The summed E-state index contributed by atoms with van der Waals surface area (Å²) >= 11 is 0. The highest BCUT2D eigenvalue weighted by molar-refractivity contribution is 5.21. The summed E-state index contributed by atoms with van der Waals surface area (Å²) in [5, 5.41) is 3.74. The molecule has 0 aliphatic carbocycles.